The van der Waals surface area contributed by atoms with Gasteiger partial charge in [0.25, 0.3) is 0 Å². The van der Waals surface area contributed by atoms with Crippen LogP contribution in [0, 0.1) is 5.41 Å². The van der Waals surface area contributed by atoms with E-state index >= 15 is 0 Å². The van der Waals surface area contributed by atoms with E-state index in [4.69, 9.17) is 5.73 Å². The summed E-state index contributed by atoms with van der Waals surface area (Å²) in [6.07, 6.45) is 6.36. The van der Waals surface area contributed by atoms with Gasteiger partial charge in [-0.2, -0.15) is 0 Å². The molecule has 0 bridgehead atoms. The summed E-state index contributed by atoms with van der Waals surface area (Å²) < 4.78 is 0. The number of carboxylic acid groups (broad SMARTS) is 1. The maximum Gasteiger partial charge on any atom is 0.311 e. The monoisotopic (exact) mass is 284 g/mol. The second-order valence-corrected chi connectivity index (χ2v) is 6.05. The Bertz CT molecular complexity index is 343. The average Bonchev–Trinajstić information content (AvgIpc) is 2.70. The van der Waals surface area contributed by atoms with Crippen LogP contribution in [0.3, 0.4) is 0 Å². The second kappa shape index (κ2) is 7.07. The molecule has 0 aromatic heterocycles. The fourth-order valence-electron chi connectivity index (χ4n) is 2.87. The number of nitrogens with one attached hydrogen (secondary N) is 1. The fourth-order valence-corrected chi connectivity index (χ4v) is 2.87. The van der Waals surface area contributed by atoms with Crippen molar-refractivity contribution >= 4 is 11.9 Å². The first-order chi connectivity index (χ1) is 9.40. The van der Waals surface area contributed by atoms with Gasteiger partial charge >= 0.3 is 5.97 Å². The number of carbonyl (C=O) groups is 2. The Balaban J connectivity index is 2.72. The highest BCUT2D eigenvalue weighted by Gasteiger charge is 2.40. The van der Waals surface area contributed by atoms with Crippen LogP contribution < -0.4 is 11.1 Å². The second-order valence-electron chi connectivity index (χ2n) is 6.05. The van der Waals surface area contributed by atoms with E-state index < -0.39 is 16.9 Å². The molecule has 116 valence electrons. The minimum atomic E-state index is -0.885. The molecule has 5 heteroatoms. The zero-order valence-corrected chi connectivity index (χ0v) is 12.7. The van der Waals surface area contributed by atoms with Gasteiger partial charge in [-0.15, -0.1) is 0 Å². The van der Waals surface area contributed by atoms with Gasteiger partial charge in [0.05, 0.1) is 11.0 Å². The Morgan fingerprint density at radius 1 is 1.15 bits per heavy atom. The third-order valence-corrected chi connectivity index (χ3v) is 4.82. The molecule has 1 rings (SSSR count). The van der Waals surface area contributed by atoms with Crippen LogP contribution in [0.1, 0.15) is 65.2 Å². The zero-order valence-electron chi connectivity index (χ0n) is 12.7. The standard InChI is InChI=1S/C15H28N2O3/c1-3-15(16,4-2)12(18)17-11-14(13(19)20)9-7-5-6-8-10-14/h3-11,16H2,1-2H3,(H,17,18)(H,19,20). The zero-order chi connectivity index (χ0) is 15.2. The third kappa shape index (κ3) is 3.72. The minimum absolute atomic E-state index is 0.195. The van der Waals surface area contributed by atoms with Crippen LogP contribution in [0.25, 0.3) is 0 Å². The van der Waals surface area contributed by atoms with Crippen LogP contribution in [0.15, 0.2) is 0 Å². The van der Waals surface area contributed by atoms with E-state index in [1.165, 1.54) is 0 Å². The molecule has 0 atom stereocenters. The van der Waals surface area contributed by atoms with Crippen molar-refractivity contribution in [1.29, 1.82) is 0 Å². The van der Waals surface area contributed by atoms with Crippen LogP contribution in [-0.4, -0.2) is 29.1 Å². The smallest absolute Gasteiger partial charge is 0.311 e. The number of carboxylic acids is 1. The number of aliphatic carboxylic acids is 1. The largest absolute Gasteiger partial charge is 0.481 e. The Kier molecular flexibility index (Phi) is 5.99. The van der Waals surface area contributed by atoms with E-state index in [1.54, 1.807) is 0 Å². The van der Waals surface area contributed by atoms with E-state index in [-0.39, 0.29) is 12.5 Å². The van der Waals surface area contributed by atoms with Crippen molar-refractivity contribution < 1.29 is 14.7 Å². The molecule has 1 aliphatic rings. The Morgan fingerprint density at radius 2 is 1.65 bits per heavy atom. The quantitative estimate of drug-likeness (QED) is 0.651. The summed E-state index contributed by atoms with van der Waals surface area (Å²) in [5.41, 5.74) is 4.35. The lowest BCUT2D eigenvalue weighted by Gasteiger charge is -2.31. The average molecular weight is 284 g/mol. The molecule has 0 aliphatic heterocycles. The van der Waals surface area contributed by atoms with Gasteiger partial charge in [-0.3, -0.25) is 9.59 Å². The molecule has 1 saturated carbocycles. The van der Waals surface area contributed by atoms with Crippen LogP contribution in [0.4, 0.5) is 0 Å². The van der Waals surface area contributed by atoms with Crippen LogP contribution in [0.5, 0.6) is 0 Å². The lowest BCUT2D eigenvalue weighted by molar-refractivity contribution is -0.150. The van der Waals surface area contributed by atoms with Gasteiger partial charge in [-0.25, -0.2) is 0 Å². The highest BCUT2D eigenvalue weighted by molar-refractivity contribution is 5.86. The number of rotatable bonds is 6. The molecule has 0 aromatic carbocycles. The van der Waals surface area contributed by atoms with E-state index in [1.807, 2.05) is 13.8 Å². The van der Waals surface area contributed by atoms with Gasteiger partial charge in [-0.05, 0) is 25.7 Å². The predicted molar refractivity (Wildman–Crippen MR) is 78.3 cm³/mol. The number of amides is 1. The summed E-state index contributed by atoms with van der Waals surface area (Å²) >= 11 is 0. The van der Waals surface area contributed by atoms with Crippen molar-refractivity contribution in [3.63, 3.8) is 0 Å². The first kappa shape index (κ1) is 17.0. The molecule has 0 aromatic rings. The first-order valence-corrected chi connectivity index (χ1v) is 7.71. The van der Waals surface area contributed by atoms with Crippen LogP contribution >= 0.6 is 0 Å². The molecule has 1 aliphatic carbocycles. The van der Waals surface area contributed by atoms with Crippen LogP contribution in [-0.2, 0) is 9.59 Å². The minimum Gasteiger partial charge on any atom is -0.481 e. The normalized spacial score (nSPS) is 19.1. The summed E-state index contributed by atoms with van der Waals surface area (Å²) in [6.45, 7) is 3.95. The molecule has 1 fully saturated rings. The Hall–Kier alpha value is -1.10. The molecule has 20 heavy (non-hydrogen) atoms. The summed E-state index contributed by atoms with van der Waals surface area (Å²) in [5.74, 6) is -1.03. The fraction of sp³-hybridized carbons (Fsp3) is 0.867. The molecular weight excluding hydrogens is 256 g/mol. The number of carbonyl (C=O) groups excluding carboxylic acids is 1. The van der Waals surface area contributed by atoms with Gasteiger partial charge in [0, 0.05) is 6.54 Å². The SMILES string of the molecule is CCC(N)(CC)C(=O)NCC1(C(=O)O)CCCCCC1. The predicted octanol–water partition coefficient (Wildman–Crippen LogP) is 2.05. The number of nitrogens with two attached hydrogens (primary N) is 1. The summed E-state index contributed by atoms with van der Waals surface area (Å²) in [5, 5.41) is 12.4. The number of hydrogen-bond donors (Lipinski definition) is 3. The van der Waals surface area contributed by atoms with Gasteiger partial charge in [0.15, 0.2) is 0 Å². The van der Waals surface area contributed by atoms with Gasteiger partial charge in [0.2, 0.25) is 5.91 Å². The highest BCUT2D eigenvalue weighted by Crippen LogP contribution is 2.35. The molecule has 1 amide bonds. The third-order valence-electron chi connectivity index (χ3n) is 4.82. The first-order valence-electron chi connectivity index (χ1n) is 7.71. The Morgan fingerprint density at radius 3 is 2.05 bits per heavy atom. The molecular formula is C15H28N2O3. The summed E-state index contributed by atoms with van der Waals surface area (Å²) in [6, 6.07) is 0. The molecule has 0 heterocycles. The highest BCUT2D eigenvalue weighted by atomic mass is 16.4. The van der Waals surface area contributed by atoms with Gasteiger partial charge in [0.1, 0.15) is 0 Å². The van der Waals surface area contributed by atoms with E-state index in [2.05, 4.69) is 5.32 Å². The maximum absolute atomic E-state index is 12.2. The molecule has 0 spiro atoms. The van der Waals surface area contributed by atoms with Crippen LogP contribution in [0.2, 0.25) is 0 Å². The van der Waals surface area contributed by atoms with Crippen molar-refractivity contribution in [3.05, 3.63) is 0 Å². The van der Waals surface area contributed by atoms with Crippen molar-refractivity contribution in [3.8, 4) is 0 Å². The van der Waals surface area contributed by atoms with Gasteiger partial charge < -0.3 is 16.2 Å². The Labute approximate surface area is 121 Å². The molecule has 4 N–H and O–H groups in total. The number of hydrogen-bond acceptors (Lipinski definition) is 3. The van der Waals surface area contributed by atoms with Crippen molar-refractivity contribution in [2.24, 2.45) is 11.1 Å². The van der Waals surface area contributed by atoms with Crippen molar-refractivity contribution in [2.45, 2.75) is 70.8 Å². The maximum atomic E-state index is 12.2. The van der Waals surface area contributed by atoms with E-state index in [0.717, 1.165) is 25.7 Å². The molecule has 0 radical (unpaired) electrons. The van der Waals surface area contributed by atoms with E-state index in [0.29, 0.717) is 25.7 Å². The van der Waals surface area contributed by atoms with Gasteiger partial charge in [-0.1, -0.05) is 39.5 Å². The summed E-state index contributed by atoms with van der Waals surface area (Å²) in [4.78, 5) is 23.8. The molecule has 5 nitrogen and oxygen atoms in total. The van der Waals surface area contributed by atoms with E-state index in [9.17, 15) is 14.7 Å². The lowest BCUT2D eigenvalue weighted by atomic mass is 9.80. The lowest BCUT2D eigenvalue weighted by Crippen LogP contribution is -2.55. The molecule has 0 saturated heterocycles. The topological polar surface area (TPSA) is 92.4 Å². The van der Waals surface area contributed by atoms with Crippen molar-refractivity contribution in [1.82, 2.24) is 5.32 Å². The van der Waals surface area contributed by atoms with Crippen molar-refractivity contribution in [2.75, 3.05) is 6.54 Å². The molecule has 0 unspecified atom stereocenters. The summed E-state index contributed by atoms with van der Waals surface area (Å²) in [7, 11) is 0.